The SMILES string of the molecule is C=C(C=N/C(=C/c1c2c3cc(c(F)cc3n1CC(F)(F)F)-c1csc(n1)CC1C(=[N+]1C(=O)CC1CCCC1)C(CCCNN)C(=O)OCC(C)(C)C2)C(C)O)N1CCN(CC(C)(F)F)CC1. The number of nitrogens with zero attached hydrogens (tertiary/aromatic N) is 6. The van der Waals surface area contributed by atoms with Gasteiger partial charge in [0.1, 0.15) is 23.3 Å². The zero-order chi connectivity index (χ0) is 47.7. The number of hydrogen-bond donors (Lipinski definition) is 3. The molecule has 0 spiro atoms. The van der Waals surface area contributed by atoms with Gasteiger partial charge in [0.2, 0.25) is 11.8 Å². The number of amides is 1. The quantitative estimate of drug-likeness (QED) is 0.0285. The molecule has 3 unspecified atom stereocenters. The standard InChI is InChI=1S/C47H61F6N8O4S/c1-28(59-15-13-58(14-16-59)25-46(5,49)50)23-55-36(29(2)62)20-39-34-22-45(3,4)27-65-44(64)31(11-8-12-56-54)43-40(61(43)42(63)17-30-9-6-7-10-30)21-41-57-37(24-66-41)33-18-32(34)38(19-35(33)48)60(39)26-47(51,52)53/h18-20,23-24,29-31,40,56,62H,1,6-17,21-22,25-27,54H2,2-5H3/q+1/b36-20+,55-23?. The highest BCUT2D eigenvalue weighted by molar-refractivity contribution is 7.10. The number of aliphatic hydroxyl groups is 1. The number of thiazole rings is 1. The molecule has 0 radical (unpaired) electrons. The predicted octanol–water partition coefficient (Wildman–Crippen LogP) is 7.52. The maximum atomic E-state index is 16.5. The van der Waals surface area contributed by atoms with Gasteiger partial charge in [-0.25, -0.2) is 22.9 Å². The number of benzene rings is 1. The number of carbonyl (C=O) groups excluding carboxylic acids is 2. The number of aromatic nitrogens is 2. The third kappa shape index (κ3) is 12.0. The first-order valence-corrected chi connectivity index (χ1v) is 23.6. The summed E-state index contributed by atoms with van der Waals surface area (Å²) in [6, 6.07) is 2.16. The lowest BCUT2D eigenvalue weighted by molar-refractivity contribution is -0.397. The van der Waals surface area contributed by atoms with Crippen LogP contribution in [0.4, 0.5) is 26.3 Å². The van der Waals surface area contributed by atoms with Crippen LogP contribution in [-0.2, 0) is 33.7 Å². The van der Waals surface area contributed by atoms with Crippen molar-refractivity contribution < 1.29 is 50.4 Å². The van der Waals surface area contributed by atoms with E-state index in [4.69, 9.17) is 15.6 Å². The lowest BCUT2D eigenvalue weighted by atomic mass is 9.85. The topological polar surface area (TPSA) is 141 Å². The zero-order valence-electron chi connectivity index (χ0n) is 38.0. The smallest absolute Gasteiger partial charge is 0.406 e. The molecular weight excluding hydrogens is 887 g/mol. The number of aliphatic hydroxyl groups excluding tert-OH is 1. The van der Waals surface area contributed by atoms with Crippen molar-refractivity contribution in [2.24, 2.45) is 28.1 Å². The summed E-state index contributed by atoms with van der Waals surface area (Å²) in [5.74, 6) is 0.895. The molecule has 7 rings (SSSR count). The van der Waals surface area contributed by atoms with Crippen LogP contribution in [0.1, 0.15) is 88.9 Å². The molecule has 1 aliphatic carbocycles. The Morgan fingerprint density at radius 1 is 1.17 bits per heavy atom. The summed E-state index contributed by atoms with van der Waals surface area (Å²) in [7, 11) is 0. The van der Waals surface area contributed by atoms with Gasteiger partial charge >= 0.3 is 18.1 Å². The minimum atomic E-state index is -4.75. The molecule has 3 aliphatic heterocycles. The summed E-state index contributed by atoms with van der Waals surface area (Å²) in [6.07, 6.45) is 2.36. The fourth-order valence-electron chi connectivity index (χ4n) is 9.69. The van der Waals surface area contributed by atoms with Crippen molar-refractivity contribution in [3.8, 4) is 11.3 Å². The molecule has 360 valence electrons. The highest BCUT2D eigenvalue weighted by Gasteiger charge is 2.59. The lowest BCUT2D eigenvalue weighted by Gasteiger charge is -2.37. The van der Waals surface area contributed by atoms with E-state index in [1.165, 1.54) is 36.6 Å². The first-order valence-electron chi connectivity index (χ1n) is 22.7. The molecule has 12 nitrogen and oxygen atoms in total. The average molecular weight is 948 g/mol. The molecule has 1 aromatic carbocycles. The molecule has 66 heavy (non-hydrogen) atoms. The van der Waals surface area contributed by atoms with Gasteiger partial charge in [0.25, 0.3) is 5.92 Å². The number of piperazine rings is 1. The maximum Gasteiger partial charge on any atom is 0.406 e. The van der Waals surface area contributed by atoms with Crippen LogP contribution in [0.2, 0.25) is 0 Å². The average Bonchev–Trinajstić information content (AvgIpc) is 3.53. The van der Waals surface area contributed by atoms with Crippen LogP contribution >= 0.6 is 11.3 Å². The van der Waals surface area contributed by atoms with Gasteiger partial charge in [-0.15, -0.1) is 15.9 Å². The van der Waals surface area contributed by atoms with Gasteiger partial charge < -0.3 is 19.3 Å². The number of fused-ring (bicyclic) bond motifs is 5. The van der Waals surface area contributed by atoms with E-state index >= 15 is 4.39 Å². The third-order valence-corrected chi connectivity index (χ3v) is 13.8. The van der Waals surface area contributed by atoms with Gasteiger partial charge in [-0.05, 0) is 68.7 Å². The van der Waals surface area contributed by atoms with E-state index in [9.17, 15) is 36.6 Å². The second kappa shape index (κ2) is 20.0. The summed E-state index contributed by atoms with van der Waals surface area (Å²) >= 11 is 1.27. The van der Waals surface area contributed by atoms with E-state index in [0.29, 0.717) is 79.4 Å². The second-order valence-electron chi connectivity index (χ2n) is 19.2. The van der Waals surface area contributed by atoms with Crippen molar-refractivity contribution in [1.29, 1.82) is 0 Å². The normalized spacial score (nSPS) is 21.8. The molecule has 1 saturated heterocycles. The van der Waals surface area contributed by atoms with E-state index in [1.54, 1.807) is 14.9 Å². The van der Waals surface area contributed by atoms with Gasteiger partial charge in [-0.2, -0.15) is 13.2 Å². The molecule has 3 atom stereocenters. The first-order chi connectivity index (χ1) is 31.1. The van der Waals surface area contributed by atoms with Crippen LogP contribution in [0, 0.1) is 23.1 Å². The van der Waals surface area contributed by atoms with Gasteiger partial charge in [0.05, 0.1) is 49.0 Å². The van der Waals surface area contributed by atoms with E-state index < -0.39 is 53.9 Å². The number of allylic oxidation sites excluding steroid dienone is 1. The van der Waals surface area contributed by atoms with E-state index in [2.05, 4.69) is 17.0 Å². The Kier molecular flexibility index (Phi) is 15.0. The number of ether oxygens (including phenoxy) is 1. The van der Waals surface area contributed by atoms with Crippen LogP contribution in [-0.4, -0.2) is 123 Å². The van der Waals surface area contributed by atoms with Crippen LogP contribution in [0.15, 0.2) is 40.5 Å². The molecule has 1 saturated carbocycles. The van der Waals surface area contributed by atoms with E-state index in [1.807, 2.05) is 18.7 Å². The number of rotatable bonds is 14. The van der Waals surface area contributed by atoms with Crippen molar-refractivity contribution in [3.05, 3.63) is 57.6 Å². The number of alkyl halides is 5. The highest BCUT2D eigenvalue weighted by Crippen LogP contribution is 2.41. The number of hydrazine groups is 1. The number of nitrogens with one attached hydrogen (secondary N) is 1. The minimum absolute atomic E-state index is 0.0121. The number of aliphatic imine (C=N–C) groups is 1. The molecule has 19 heteroatoms. The molecule has 4 N–H and O–H groups in total. The summed E-state index contributed by atoms with van der Waals surface area (Å²) in [4.78, 5) is 41.0. The fourth-order valence-corrected chi connectivity index (χ4v) is 10.5. The number of carbonyl (C=O) groups is 2. The van der Waals surface area contributed by atoms with E-state index in [-0.39, 0.29) is 66.0 Å². The minimum Gasteiger partial charge on any atom is -0.464 e. The van der Waals surface area contributed by atoms with Gasteiger partial charge in [0, 0.05) is 79.0 Å². The third-order valence-electron chi connectivity index (χ3n) is 13.0. The highest BCUT2D eigenvalue weighted by atomic mass is 32.1. The van der Waals surface area contributed by atoms with Gasteiger partial charge in [-0.1, -0.05) is 33.3 Å². The van der Waals surface area contributed by atoms with Crippen molar-refractivity contribution >= 4 is 52.1 Å². The van der Waals surface area contributed by atoms with Crippen LogP contribution < -0.4 is 11.3 Å². The van der Waals surface area contributed by atoms with Crippen LogP contribution in [0.5, 0.6) is 0 Å². The van der Waals surface area contributed by atoms with Gasteiger partial charge in [-0.3, -0.25) is 26.0 Å². The Morgan fingerprint density at radius 2 is 1.88 bits per heavy atom. The Hall–Kier alpha value is -4.43. The molecule has 2 aromatic heterocycles. The summed E-state index contributed by atoms with van der Waals surface area (Å²) in [6.45, 7) is 9.87. The van der Waals surface area contributed by atoms with E-state index in [0.717, 1.165) is 43.2 Å². The number of cyclic esters (lactones) is 1. The molecule has 4 bridgehead atoms. The molecule has 2 fully saturated rings. The second-order valence-corrected chi connectivity index (χ2v) is 20.2. The Bertz CT molecular complexity index is 2390. The first kappa shape index (κ1) is 49.5. The number of hydrogen-bond acceptors (Lipinski definition) is 11. The number of halogens is 6. The van der Waals surface area contributed by atoms with Crippen molar-refractivity contribution in [2.45, 2.75) is 116 Å². The summed E-state index contributed by atoms with van der Waals surface area (Å²) in [5, 5.41) is 13.6. The lowest BCUT2D eigenvalue weighted by Crippen LogP contribution is -2.48. The molecule has 1 amide bonds. The monoisotopic (exact) mass is 947 g/mol. The zero-order valence-corrected chi connectivity index (χ0v) is 38.8. The maximum absolute atomic E-state index is 16.5. The molecular formula is C47H61F6N8O4S+. The Labute approximate surface area is 385 Å². The summed E-state index contributed by atoms with van der Waals surface area (Å²) < 4.78 is 96.4. The number of nitrogens with two attached hydrogens (primary N) is 1. The van der Waals surface area contributed by atoms with Crippen molar-refractivity contribution in [3.63, 3.8) is 0 Å². The van der Waals surface area contributed by atoms with Crippen LogP contribution in [0.3, 0.4) is 0 Å². The summed E-state index contributed by atoms with van der Waals surface area (Å²) in [5.41, 5.74) is 3.48. The largest absolute Gasteiger partial charge is 0.464 e. The Balaban J connectivity index is 1.29. The predicted molar refractivity (Wildman–Crippen MR) is 243 cm³/mol. The number of esters is 1. The van der Waals surface area contributed by atoms with Crippen molar-refractivity contribution in [2.75, 3.05) is 45.9 Å². The Morgan fingerprint density at radius 3 is 2.53 bits per heavy atom. The van der Waals surface area contributed by atoms with Gasteiger partial charge in [0.15, 0.2) is 0 Å². The fraction of sp³-hybridized carbons (Fsp3) is 0.596. The molecule has 3 aromatic rings. The van der Waals surface area contributed by atoms with Crippen LogP contribution in [0.25, 0.3) is 28.2 Å². The molecule has 4 aliphatic rings. The molecule has 5 heterocycles. The van der Waals surface area contributed by atoms with Crippen molar-refractivity contribution in [1.82, 2.24) is 24.8 Å².